The van der Waals surface area contributed by atoms with Gasteiger partial charge in [0.1, 0.15) is 0 Å². The van der Waals surface area contributed by atoms with E-state index in [9.17, 15) is 0 Å². The molecular weight excluding hydrogens is 334 g/mol. The highest BCUT2D eigenvalue weighted by atomic mass is 35.5. The molecule has 0 amide bonds. The van der Waals surface area contributed by atoms with Gasteiger partial charge in [-0.2, -0.15) is 5.10 Å². The zero-order valence-electron chi connectivity index (χ0n) is 15.5. The van der Waals surface area contributed by atoms with Crippen LogP contribution in [0.4, 0.5) is 0 Å². The van der Waals surface area contributed by atoms with Gasteiger partial charge in [-0.25, -0.2) is 0 Å². The molecule has 2 rings (SSSR count). The maximum Gasteiger partial charge on any atom is 0.190 e. The van der Waals surface area contributed by atoms with Crippen molar-refractivity contribution in [2.75, 3.05) is 20.1 Å². The van der Waals surface area contributed by atoms with E-state index in [1.54, 1.807) is 7.05 Å². The Morgan fingerprint density at radius 1 is 1.28 bits per heavy atom. The first-order valence-electron chi connectivity index (χ1n) is 8.68. The number of aromatic nitrogens is 2. The lowest BCUT2D eigenvalue weighted by atomic mass is 10.1. The molecule has 2 N–H and O–H groups in total. The van der Waals surface area contributed by atoms with Gasteiger partial charge in [0.25, 0.3) is 0 Å². The van der Waals surface area contributed by atoms with Gasteiger partial charge in [0.05, 0.1) is 5.69 Å². The fraction of sp³-hybridized carbons (Fsp3) is 0.474. The summed E-state index contributed by atoms with van der Waals surface area (Å²) in [5.41, 5.74) is 3.41. The van der Waals surface area contributed by atoms with Crippen LogP contribution in [0, 0.1) is 19.8 Å². The van der Waals surface area contributed by atoms with Crippen molar-refractivity contribution in [3.63, 3.8) is 0 Å². The van der Waals surface area contributed by atoms with Crippen molar-refractivity contribution in [3.05, 3.63) is 52.3 Å². The monoisotopic (exact) mass is 361 g/mol. The Hall–Kier alpha value is -2.01. The zero-order valence-corrected chi connectivity index (χ0v) is 16.3. The van der Waals surface area contributed by atoms with Crippen molar-refractivity contribution in [2.45, 2.75) is 33.7 Å². The Kier molecular flexibility index (Phi) is 7.31. The molecule has 136 valence electrons. The van der Waals surface area contributed by atoms with Gasteiger partial charge in [-0.15, -0.1) is 0 Å². The van der Waals surface area contributed by atoms with Crippen LogP contribution in [0.1, 0.15) is 23.9 Å². The van der Waals surface area contributed by atoms with Crippen molar-refractivity contribution < 1.29 is 0 Å². The van der Waals surface area contributed by atoms with E-state index in [1.165, 1.54) is 5.69 Å². The van der Waals surface area contributed by atoms with Crippen LogP contribution in [0.2, 0.25) is 5.02 Å². The van der Waals surface area contributed by atoms with Gasteiger partial charge in [-0.1, -0.05) is 36.7 Å². The summed E-state index contributed by atoms with van der Waals surface area (Å²) in [6.07, 6.45) is 0.863. The summed E-state index contributed by atoms with van der Waals surface area (Å²) >= 11 is 6.19. The van der Waals surface area contributed by atoms with Crippen LogP contribution < -0.4 is 10.6 Å². The van der Waals surface area contributed by atoms with E-state index < -0.39 is 0 Å². The highest BCUT2D eigenvalue weighted by Crippen LogP contribution is 2.14. The predicted octanol–water partition coefficient (Wildman–Crippen LogP) is 3.20. The average molecular weight is 362 g/mol. The fourth-order valence-electron chi connectivity index (χ4n) is 2.73. The Bertz CT molecular complexity index is 708. The number of rotatable bonds is 7. The SMILES string of the molecule is CN=C(NCCc1ccccc1Cl)NCC(C)Cn1nc(C)cc1C. The average Bonchev–Trinajstić information content (AvgIpc) is 2.89. The van der Waals surface area contributed by atoms with Gasteiger partial charge in [0.15, 0.2) is 5.96 Å². The molecule has 2 aromatic rings. The Balaban J connectivity index is 1.74. The maximum atomic E-state index is 6.19. The van der Waals surface area contributed by atoms with Gasteiger partial charge in [-0.05, 0) is 43.9 Å². The summed E-state index contributed by atoms with van der Waals surface area (Å²) in [6.45, 7) is 8.84. The zero-order chi connectivity index (χ0) is 18.2. The lowest BCUT2D eigenvalue weighted by Crippen LogP contribution is -2.40. The van der Waals surface area contributed by atoms with Crippen molar-refractivity contribution in [1.82, 2.24) is 20.4 Å². The van der Waals surface area contributed by atoms with Crippen LogP contribution in [0.5, 0.6) is 0 Å². The third-order valence-electron chi connectivity index (χ3n) is 4.07. The molecule has 1 unspecified atom stereocenters. The Morgan fingerprint density at radius 2 is 2.04 bits per heavy atom. The van der Waals surface area contributed by atoms with Crippen LogP contribution >= 0.6 is 11.6 Å². The van der Waals surface area contributed by atoms with E-state index in [4.69, 9.17) is 11.6 Å². The van der Waals surface area contributed by atoms with Gasteiger partial charge >= 0.3 is 0 Å². The first-order valence-corrected chi connectivity index (χ1v) is 9.06. The fourth-order valence-corrected chi connectivity index (χ4v) is 2.96. The lowest BCUT2D eigenvalue weighted by Gasteiger charge is -2.17. The van der Waals surface area contributed by atoms with E-state index in [1.807, 2.05) is 25.1 Å². The molecule has 0 saturated heterocycles. The topological polar surface area (TPSA) is 54.2 Å². The van der Waals surface area contributed by atoms with E-state index >= 15 is 0 Å². The molecule has 25 heavy (non-hydrogen) atoms. The first-order chi connectivity index (χ1) is 12.0. The second-order valence-electron chi connectivity index (χ2n) is 6.44. The van der Waals surface area contributed by atoms with E-state index in [0.717, 1.165) is 48.3 Å². The molecule has 0 fully saturated rings. The first kappa shape index (κ1) is 19.3. The summed E-state index contributed by atoms with van der Waals surface area (Å²) in [5, 5.41) is 12.0. The minimum absolute atomic E-state index is 0.445. The number of nitrogens with zero attached hydrogens (tertiary/aromatic N) is 3. The Labute approximate surface area is 155 Å². The molecule has 5 nitrogen and oxygen atoms in total. The molecule has 0 aliphatic heterocycles. The third kappa shape index (κ3) is 6.09. The number of hydrogen-bond acceptors (Lipinski definition) is 2. The van der Waals surface area contributed by atoms with E-state index in [-0.39, 0.29) is 0 Å². The van der Waals surface area contributed by atoms with Crippen molar-refractivity contribution in [3.8, 4) is 0 Å². The van der Waals surface area contributed by atoms with Gasteiger partial charge in [0, 0.05) is 37.4 Å². The number of aliphatic imine (C=N–C) groups is 1. The van der Waals surface area contributed by atoms with Crippen LogP contribution in [-0.4, -0.2) is 35.9 Å². The largest absolute Gasteiger partial charge is 0.356 e. The van der Waals surface area contributed by atoms with Gasteiger partial charge in [-0.3, -0.25) is 9.67 Å². The standard InChI is InChI=1S/C19H28ClN5/c1-14(13-25-16(3)11-15(2)24-25)12-23-19(21-4)22-10-9-17-7-5-6-8-18(17)20/h5-8,11,14H,9-10,12-13H2,1-4H3,(H2,21,22,23). The Morgan fingerprint density at radius 3 is 2.68 bits per heavy atom. The molecule has 1 aromatic carbocycles. The lowest BCUT2D eigenvalue weighted by molar-refractivity contribution is 0.436. The summed E-state index contributed by atoms with van der Waals surface area (Å²) in [6, 6.07) is 10.0. The van der Waals surface area contributed by atoms with Crippen LogP contribution in [0.15, 0.2) is 35.3 Å². The number of nitrogens with one attached hydrogen (secondary N) is 2. The smallest absolute Gasteiger partial charge is 0.190 e. The highest BCUT2D eigenvalue weighted by Gasteiger charge is 2.08. The molecule has 0 radical (unpaired) electrons. The molecule has 0 bridgehead atoms. The molecule has 6 heteroatoms. The molecule has 1 atom stereocenters. The minimum Gasteiger partial charge on any atom is -0.356 e. The van der Waals surface area contributed by atoms with Crippen molar-refractivity contribution >= 4 is 17.6 Å². The normalized spacial score (nSPS) is 12.9. The molecular formula is C19H28ClN5. The summed E-state index contributed by atoms with van der Waals surface area (Å²) in [7, 11) is 1.79. The summed E-state index contributed by atoms with van der Waals surface area (Å²) < 4.78 is 2.06. The second kappa shape index (κ2) is 9.47. The van der Waals surface area contributed by atoms with Crippen LogP contribution in [0.25, 0.3) is 0 Å². The van der Waals surface area contributed by atoms with Gasteiger partial charge < -0.3 is 10.6 Å². The number of hydrogen-bond donors (Lipinski definition) is 2. The number of guanidine groups is 1. The van der Waals surface area contributed by atoms with E-state index in [0.29, 0.717) is 5.92 Å². The molecule has 1 aromatic heterocycles. The van der Waals surface area contributed by atoms with Crippen LogP contribution in [-0.2, 0) is 13.0 Å². The summed E-state index contributed by atoms with van der Waals surface area (Å²) in [5.74, 6) is 1.26. The van der Waals surface area contributed by atoms with E-state index in [2.05, 4.69) is 51.4 Å². The van der Waals surface area contributed by atoms with Crippen molar-refractivity contribution in [2.24, 2.45) is 10.9 Å². The highest BCUT2D eigenvalue weighted by molar-refractivity contribution is 6.31. The molecule has 0 saturated carbocycles. The number of benzene rings is 1. The maximum absolute atomic E-state index is 6.19. The minimum atomic E-state index is 0.445. The number of halogens is 1. The molecule has 1 heterocycles. The number of aryl methyl sites for hydroxylation is 2. The molecule has 0 aliphatic carbocycles. The van der Waals surface area contributed by atoms with Crippen molar-refractivity contribution in [1.29, 1.82) is 0 Å². The molecule has 0 aliphatic rings. The quantitative estimate of drug-likeness (QED) is 0.588. The summed E-state index contributed by atoms with van der Waals surface area (Å²) in [4.78, 5) is 4.28. The van der Waals surface area contributed by atoms with Gasteiger partial charge in [0.2, 0.25) is 0 Å². The predicted molar refractivity (Wildman–Crippen MR) is 105 cm³/mol. The second-order valence-corrected chi connectivity index (χ2v) is 6.84. The molecule has 0 spiro atoms. The van der Waals surface area contributed by atoms with Crippen LogP contribution in [0.3, 0.4) is 0 Å². The third-order valence-corrected chi connectivity index (χ3v) is 4.44.